The molecule has 5 nitrogen and oxygen atoms in total. The first-order valence-electron chi connectivity index (χ1n) is 11.8. The molecule has 1 amide bonds. The van der Waals surface area contributed by atoms with Gasteiger partial charge in [0.15, 0.2) is 0 Å². The molecule has 0 aromatic heterocycles. The second kappa shape index (κ2) is 13.4. The highest BCUT2D eigenvalue weighted by Gasteiger charge is 2.24. The van der Waals surface area contributed by atoms with Gasteiger partial charge in [0.1, 0.15) is 17.4 Å². The largest absolute Gasteiger partial charge is 0.496 e. The summed E-state index contributed by atoms with van der Waals surface area (Å²) in [5.74, 6) is -1.48. The minimum atomic E-state index is -1.02. The van der Waals surface area contributed by atoms with E-state index in [9.17, 15) is 18.7 Å². The number of rotatable bonds is 12. The maximum atomic E-state index is 13.8. The predicted molar refractivity (Wildman–Crippen MR) is 140 cm³/mol. The number of thioether (sulfide) groups is 1. The normalized spacial score (nSPS) is 12.7. The van der Waals surface area contributed by atoms with Gasteiger partial charge < -0.3 is 20.5 Å². The molecule has 0 fully saturated rings. The number of hydrogen-bond acceptors (Lipinski definition) is 5. The highest BCUT2D eigenvalue weighted by molar-refractivity contribution is 7.98. The Kier molecular flexibility index (Phi) is 10.3. The van der Waals surface area contributed by atoms with Crippen LogP contribution in [0.5, 0.6) is 5.75 Å². The van der Waals surface area contributed by atoms with Gasteiger partial charge >= 0.3 is 0 Å². The van der Waals surface area contributed by atoms with Crippen LogP contribution in [0.1, 0.15) is 34.0 Å². The van der Waals surface area contributed by atoms with Gasteiger partial charge in [-0.25, -0.2) is 8.78 Å². The summed E-state index contributed by atoms with van der Waals surface area (Å²) in [6.45, 7) is 2.79. The van der Waals surface area contributed by atoms with Gasteiger partial charge in [-0.15, -0.1) is 11.8 Å². The summed E-state index contributed by atoms with van der Waals surface area (Å²) in [5.41, 5.74) is 2.93. The lowest BCUT2D eigenvalue weighted by atomic mass is 10.00. The fourth-order valence-corrected chi connectivity index (χ4v) is 4.39. The fraction of sp³-hybridized carbons (Fsp3) is 0.321. The van der Waals surface area contributed by atoms with Crippen LogP contribution in [0.3, 0.4) is 0 Å². The van der Waals surface area contributed by atoms with Gasteiger partial charge in [0.05, 0.1) is 24.8 Å². The van der Waals surface area contributed by atoms with E-state index in [-0.39, 0.29) is 13.0 Å². The highest BCUT2D eigenvalue weighted by atomic mass is 32.2. The van der Waals surface area contributed by atoms with Gasteiger partial charge in [0.25, 0.3) is 5.91 Å². The molecule has 3 N–H and O–H groups in total. The van der Waals surface area contributed by atoms with Crippen molar-refractivity contribution in [2.45, 2.75) is 43.4 Å². The van der Waals surface area contributed by atoms with Crippen molar-refractivity contribution >= 4 is 17.7 Å². The molecule has 0 heterocycles. The quantitative estimate of drug-likeness (QED) is 0.305. The van der Waals surface area contributed by atoms with Gasteiger partial charge in [0, 0.05) is 24.1 Å². The average molecular weight is 515 g/mol. The summed E-state index contributed by atoms with van der Waals surface area (Å²) < 4.78 is 33.0. The molecule has 192 valence electrons. The third-order valence-electron chi connectivity index (χ3n) is 5.89. The molecule has 0 aliphatic heterocycles. The van der Waals surface area contributed by atoms with E-state index in [1.165, 1.54) is 36.6 Å². The molecule has 0 saturated heterocycles. The lowest BCUT2D eigenvalue weighted by Crippen LogP contribution is -2.48. The van der Waals surface area contributed by atoms with E-state index in [0.29, 0.717) is 23.4 Å². The molecule has 0 radical (unpaired) electrons. The summed E-state index contributed by atoms with van der Waals surface area (Å²) in [6, 6.07) is 15.8. The van der Waals surface area contributed by atoms with Gasteiger partial charge in [-0.3, -0.25) is 4.79 Å². The zero-order chi connectivity index (χ0) is 26.1. The monoisotopic (exact) mass is 514 g/mol. The number of benzene rings is 3. The van der Waals surface area contributed by atoms with Crippen LogP contribution in [0.4, 0.5) is 8.78 Å². The first-order chi connectivity index (χ1) is 17.3. The van der Waals surface area contributed by atoms with Gasteiger partial charge in [-0.2, -0.15) is 0 Å². The SMILES string of the molecule is CCc1cccc(CNCC(O)C(Cc2cc(F)cc(F)c2)NC(=O)c2ccc(SC)cc2OC)c1. The molecule has 0 bridgehead atoms. The lowest BCUT2D eigenvalue weighted by Gasteiger charge is -2.25. The molecule has 2 unspecified atom stereocenters. The van der Waals surface area contributed by atoms with Gasteiger partial charge in [-0.1, -0.05) is 31.2 Å². The Balaban J connectivity index is 1.76. The predicted octanol–water partition coefficient (Wildman–Crippen LogP) is 4.75. The van der Waals surface area contributed by atoms with E-state index in [0.717, 1.165) is 22.9 Å². The van der Waals surface area contributed by atoms with Crippen LogP contribution in [-0.2, 0) is 19.4 Å². The second-order valence-corrected chi connectivity index (χ2v) is 9.38. The molecule has 8 heteroatoms. The molecule has 0 spiro atoms. The van der Waals surface area contributed by atoms with Gasteiger partial charge in [0.2, 0.25) is 0 Å². The van der Waals surface area contributed by atoms with Crippen molar-refractivity contribution in [1.29, 1.82) is 0 Å². The number of methoxy groups -OCH3 is 1. The summed E-state index contributed by atoms with van der Waals surface area (Å²) in [7, 11) is 1.48. The molecule has 0 aliphatic rings. The molecule has 3 aromatic carbocycles. The summed E-state index contributed by atoms with van der Waals surface area (Å²) >= 11 is 1.52. The number of carbonyl (C=O) groups excluding carboxylic acids is 1. The Bertz CT molecular complexity index is 1160. The van der Waals surface area contributed by atoms with Crippen molar-refractivity contribution < 1.29 is 23.4 Å². The average Bonchev–Trinajstić information content (AvgIpc) is 2.87. The number of aryl methyl sites for hydroxylation is 1. The number of amides is 1. The first-order valence-corrected chi connectivity index (χ1v) is 13.0. The van der Waals surface area contributed by atoms with Crippen LogP contribution in [0.15, 0.2) is 65.6 Å². The Morgan fingerprint density at radius 2 is 1.75 bits per heavy atom. The first kappa shape index (κ1) is 27.6. The van der Waals surface area contributed by atoms with Crippen molar-refractivity contribution in [1.82, 2.24) is 10.6 Å². The van der Waals surface area contributed by atoms with Gasteiger partial charge in [-0.05, 0) is 66.1 Å². The topological polar surface area (TPSA) is 70.6 Å². The molecular formula is C28H32F2N2O3S. The maximum Gasteiger partial charge on any atom is 0.255 e. The molecule has 0 aliphatic carbocycles. The Hall–Kier alpha value is -2.94. The van der Waals surface area contributed by atoms with E-state index < -0.39 is 29.7 Å². The number of halogens is 2. The molecule has 0 saturated carbocycles. The van der Waals surface area contributed by atoms with Crippen LogP contribution in [0.2, 0.25) is 0 Å². The van der Waals surface area contributed by atoms with E-state index in [4.69, 9.17) is 4.74 Å². The van der Waals surface area contributed by atoms with Crippen LogP contribution in [0, 0.1) is 11.6 Å². The fourth-order valence-electron chi connectivity index (χ4n) is 3.96. The Morgan fingerprint density at radius 1 is 1.03 bits per heavy atom. The summed E-state index contributed by atoms with van der Waals surface area (Å²) in [5, 5.41) is 17.0. The second-order valence-electron chi connectivity index (χ2n) is 8.50. The Morgan fingerprint density at radius 3 is 2.42 bits per heavy atom. The number of aliphatic hydroxyl groups is 1. The summed E-state index contributed by atoms with van der Waals surface area (Å²) in [6.07, 6.45) is 1.87. The number of nitrogens with one attached hydrogen (secondary N) is 2. The molecular weight excluding hydrogens is 482 g/mol. The van der Waals surface area contributed by atoms with Crippen LogP contribution in [0.25, 0.3) is 0 Å². The standard InChI is InChI=1S/C28H32F2N2O3S/c1-4-18-6-5-7-19(10-18)16-31-17-26(33)25(13-20-11-21(29)14-22(30)12-20)32-28(34)24-9-8-23(36-3)15-27(24)35-2/h5-12,14-15,25-26,31,33H,4,13,16-17H2,1-3H3,(H,32,34). The number of aliphatic hydroxyl groups excluding tert-OH is 1. The highest BCUT2D eigenvalue weighted by Crippen LogP contribution is 2.25. The van der Waals surface area contributed by atoms with E-state index in [2.05, 4.69) is 29.7 Å². The van der Waals surface area contributed by atoms with E-state index in [1.54, 1.807) is 12.1 Å². The van der Waals surface area contributed by atoms with E-state index in [1.807, 2.05) is 24.5 Å². The third-order valence-corrected chi connectivity index (χ3v) is 6.62. The Labute approximate surface area is 215 Å². The maximum absolute atomic E-state index is 13.8. The van der Waals surface area contributed by atoms with E-state index >= 15 is 0 Å². The number of ether oxygens (including phenoxy) is 1. The van der Waals surface area contributed by atoms with Crippen LogP contribution >= 0.6 is 11.8 Å². The van der Waals surface area contributed by atoms with Crippen molar-refractivity contribution in [3.05, 3.63) is 94.6 Å². The molecule has 3 rings (SSSR count). The molecule has 36 heavy (non-hydrogen) atoms. The van der Waals surface area contributed by atoms with Crippen molar-refractivity contribution in [3.63, 3.8) is 0 Å². The lowest BCUT2D eigenvalue weighted by molar-refractivity contribution is 0.0827. The zero-order valence-corrected chi connectivity index (χ0v) is 21.5. The van der Waals surface area contributed by atoms with Crippen molar-refractivity contribution in [2.24, 2.45) is 0 Å². The van der Waals surface area contributed by atoms with Crippen molar-refractivity contribution in [3.8, 4) is 5.75 Å². The minimum Gasteiger partial charge on any atom is -0.496 e. The van der Waals surface area contributed by atoms with Crippen LogP contribution < -0.4 is 15.4 Å². The number of carbonyl (C=O) groups is 1. The summed E-state index contributed by atoms with van der Waals surface area (Å²) in [4.78, 5) is 14.1. The zero-order valence-electron chi connectivity index (χ0n) is 20.7. The molecule has 2 atom stereocenters. The van der Waals surface area contributed by atoms with Crippen molar-refractivity contribution in [2.75, 3.05) is 19.9 Å². The third kappa shape index (κ3) is 7.78. The molecule has 3 aromatic rings. The smallest absolute Gasteiger partial charge is 0.255 e. The number of hydrogen-bond donors (Lipinski definition) is 3. The van der Waals surface area contributed by atoms with Crippen LogP contribution in [-0.4, -0.2) is 43.1 Å². The minimum absolute atomic E-state index is 0.0415.